The molecule has 2 amide bonds. The Kier molecular flexibility index (Phi) is 4.87. The summed E-state index contributed by atoms with van der Waals surface area (Å²) in [6, 6.07) is 16.2. The molecular formula is C19H15ClN4O2S. The van der Waals surface area contributed by atoms with Crippen molar-refractivity contribution in [1.82, 2.24) is 10.2 Å². The maximum atomic E-state index is 12.4. The molecule has 0 saturated carbocycles. The number of hydrogen-bond acceptors (Lipinski definition) is 5. The summed E-state index contributed by atoms with van der Waals surface area (Å²) in [6.45, 7) is 0.558. The van der Waals surface area contributed by atoms with Gasteiger partial charge in [0.05, 0.1) is 0 Å². The third kappa shape index (κ3) is 3.84. The number of nitrogens with zero attached hydrogens (tertiary/aromatic N) is 3. The third-order valence-corrected chi connectivity index (χ3v) is 5.56. The van der Waals surface area contributed by atoms with Gasteiger partial charge in [-0.2, -0.15) is 0 Å². The average molecular weight is 399 g/mol. The number of amides is 2. The second kappa shape index (κ2) is 7.46. The molecule has 0 bridgehead atoms. The average Bonchev–Trinajstić information content (AvgIpc) is 3.29. The number of nitrogens with one attached hydrogen (secondary N) is 1. The molecule has 1 fully saturated rings. The van der Waals surface area contributed by atoms with E-state index in [1.165, 1.54) is 11.3 Å². The van der Waals surface area contributed by atoms with Crippen molar-refractivity contribution in [2.45, 2.75) is 12.3 Å². The Balaban J connectivity index is 1.44. The SMILES string of the molecule is O=C(Nc1nnc([C@@H]2CC(=O)N(c3ccccc3)C2)s1)c1ccc(Cl)cc1. The first-order valence-corrected chi connectivity index (χ1v) is 9.55. The standard InChI is InChI=1S/C19H15ClN4O2S/c20-14-8-6-12(7-9-14)17(26)21-19-23-22-18(27-19)13-10-16(25)24(11-13)15-4-2-1-3-5-15/h1-9,13H,10-11H2,(H,21,23,26)/t13-/m1/s1. The zero-order valence-electron chi connectivity index (χ0n) is 14.1. The highest BCUT2D eigenvalue weighted by atomic mass is 35.5. The van der Waals surface area contributed by atoms with E-state index in [0.717, 1.165) is 10.7 Å². The van der Waals surface area contributed by atoms with E-state index in [9.17, 15) is 9.59 Å². The first-order valence-electron chi connectivity index (χ1n) is 8.36. The Bertz CT molecular complexity index is 975. The van der Waals surface area contributed by atoms with Crippen molar-refractivity contribution in [2.24, 2.45) is 0 Å². The van der Waals surface area contributed by atoms with Crippen LogP contribution < -0.4 is 10.2 Å². The molecular weight excluding hydrogens is 384 g/mol. The maximum Gasteiger partial charge on any atom is 0.257 e. The molecule has 136 valence electrons. The van der Waals surface area contributed by atoms with Crippen LogP contribution in [0.2, 0.25) is 5.02 Å². The number of para-hydroxylation sites is 1. The van der Waals surface area contributed by atoms with Crippen molar-refractivity contribution in [3.8, 4) is 0 Å². The highest BCUT2D eigenvalue weighted by molar-refractivity contribution is 7.15. The van der Waals surface area contributed by atoms with Crippen LogP contribution in [0.25, 0.3) is 0 Å². The summed E-state index contributed by atoms with van der Waals surface area (Å²) < 4.78 is 0. The third-order valence-electron chi connectivity index (χ3n) is 4.31. The molecule has 0 radical (unpaired) electrons. The van der Waals surface area contributed by atoms with Crippen LogP contribution in [-0.4, -0.2) is 28.6 Å². The number of aromatic nitrogens is 2. The monoisotopic (exact) mass is 398 g/mol. The van der Waals surface area contributed by atoms with Gasteiger partial charge in [0.15, 0.2) is 0 Å². The van der Waals surface area contributed by atoms with Crippen LogP contribution in [0.4, 0.5) is 10.8 Å². The summed E-state index contributed by atoms with van der Waals surface area (Å²) >= 11 is 7.13. The molecule has 2 aromatic carbocycles. The molecule has 1 atom stereocenters. The van der Waals surface area contributed by atoms with E-state index in [2.05, 4.69) is 15.5 Å². The van der Waals surface area contributed by atoms with Crippen molar-refractivity contribution in [2.75, 3.05) is 16.8 Å². The zero-order chi connectivity index (χ0) is 18.8. The summed E-state index contributed by atoms with van der Waals surface area (Å²) in [5, 5.41) is 12.7. The summed E-state index contributed by atoms with van der Waals surface area (Å²) in [7, 11) is 0. The fourth-order valence-electron chi connectivity index (χ4n) is 2.95. The first kappa shape index (κ1) is 17.6. The van der Waals surface area contributed by atoms with E-state index in [4.69, 9.17) is 11.6 Å². The lowest BCUT2D eigenvalue weighted by molar-refractivity contribution is -0.117. The highest BCUT2D eigenvalue weighted by Crippen LogP contribution is 2.34. The Morgan fingerprint density at radius 1 is 1.11 bits per heavy atom. The van der Waals surface area contributed by atoms with Gasteiger partial charge in [-0.15, -0.1) is 10.2 Å². The predicted octanol–water partition coefficient (Wildman–Crippen LogP) is 3.96. The summed E-state index contributed by atoms with van der Waals surface area (Å²) in [6.07, 6.45) is 0.384. The van der Waals surface area contributed by atoms with E-state index in [0.29, 0.717) is 28.7 Å². The molecule has 1 aliphatic rings. The summed E-state index contributed by atoms with van der Waals surface area (Å²) in [4.78, 5) is 26.4. The van der Waals surface area contributed by atoms with Crippen LogP contribution in [0, 0.1) is 0 Å². The second-order valence-corrected chi connectivity index (χ2v) is 7.59. The van der Waals surface area contributed by atoms with Crippen molar-refractivity contribution in [3.05, 3.63) is 70.2 Å². The number of carbonyl (C=O) groups is 2. The van der Waals surface area contributed by atoms with Crippen LogP contribution in [0.5, 0.6) is 0 Å². The Morgan fingerprint density at radius 3 is 2.59 bits per heavy atom. The minimum atomic E-state index is -0.275. The molecule has 3 aromatic rings. The summed E-state index contributed by atoms with van der Waals surface area (Å²) in [5.74, 6) is -0.243. The Labute approximate surface area is 164 Å². The van der Waals surface area contributed by atoms with Gasteiger partial charge in [-0.25, -0.2) is 0 Å². The van der Waals surface area contributed by atoms with Crippen molar-refractivity contribution in [3.63, 3.8) is 0 Å². The van der Waals surface area contributed by atoms with E-state index in [1.807, 2.05) is 30.3 Å². The molecule has 8 heteroatoms. The molecule has 0 spiro atoms. The second-order valence-electron chi connectivity index (χ2n) is 6.15. The molecule has 1 N–H and O–H groups in total. The zero-order valence-corrected chi connectivity index (χ0v) is 15.7. The molecule has 1 aliphatic heterocycles. The lowest BCUT2D eigenvalue weighted by atomic mass is 10.1. The van der Waals surface area contributed by atoms with Gasteiger partial charge in [0, 0.05) is 35.2 Å². The molecule has 4 rings (SSSR count). The predicted molar refractivity (Wildman–Crippen MR) is 105 cm³/mol. The molecule has 6 nitrogen and oxygen atoms in total. The van der Waals surface area contributed by atoms with Gasteiger partial charge in [-0.3, -0.25) is 14.9 Å². The minimum absolute atomic E-state index is 0.0311. The molecule has 2 heterocycles. The van der Waals surface area contributed by atoms with Gasteiger partial charge in [0.2, 0.25) is 11.0 Å². The molecule has 0 aliphatic carbocycles. The molecule has 0 unspecified atom stereocenters. The number of anilines is 2. The number of halogens is 1. The lowest BCUT2D eigenvalue weighted by Crippen LogP contribution is -2.24. The van der Waals surface area contributed by atoms with Gasteiger partial charge in [0.1, 0.15) is 5.01 Å². The maximum absolute atomic E-state index is 12.4. The Hall–Kier alpha value is -2.77. The Morgan fingerprint density at radius 2 is 1.85 bits per heavy atom. The molecule has 27 heavy (non-hydrogen) atoms. The van der Waals surface area contributed by atoms with Crippen molar-refractivity contribution < 1.29 is 9.59 Å². The van der Waals surface area contributed by atoms with Crippen molar-refractivity contribution >= 4 is 45.6 Å². The van der Waals surface area contributed by atoms with Gasteiger partial charge in [0.25, 0.3) is 5.91 Å². The quantitative estimate of drug-likeness (QED) is 0.721. The van der Waals surface area contributed by atoms with Gasteiger partial charge in [-0.1, -0.05) is 41.1 Å². The number of benzene rings is 2. The fraction of sp³-hybridized carbons (Fsp3) is 0.158. The topological polar surface area (TPSA) is 75.2 Å². The van der Waals surface area contributed by atoms with Crippen LogP contribution in [0.3, 0.4) is 0 Å². The number of carbonyl (C=O) groups excluding carboxylic acids is 2. The van der Waals surface area contributed by atoms with Gasteiger partial charge < -0.3 is 4.90 Å². The van der Waals surface area contributed by atoms with E-state index >= 15 is 0 Å². The smallest absolute Gasteiger partial charge is 0.257 e. The van der Waals surface area contributed by atoms with E-state index < -0.39 is 0 Å². The fourth-order valence-corrected chi connectivity index (χ4v) is 3.91. The van der Waals surface area contributed by atoms with E-state index in [-0.39, 0.29) is 17.7 Å². The van der Waals surface area contributed by atoms with E-state index in [1.54, 1.807) is 29.2 Å². The van der Waals surface area contributed by atoms with Crippen LogP contribution in [0.15, 0.2) is 54.6 Å². The van der Waals surface area contributed by atoms with Crippen LogP contribution in [-0.2, 0) is 4.79 Å². The van der Waals surface area contributed by atoms with Crippen molar-refractivity contribution in [1.29, 1.82) is 0 Å². The largest absolute Gasteiger partial charge is 0.312 e. The number of rotatable bonds is 4. The molecule has 1 aromatic heterocycles. The first-order chi connectivity index (χ1) is 13.1. The van der Waals surface area contributed by atoms with Gasteiger partial charge >= 0.3 is 0 Å². The summed E-state index contributed by atoms with van der Waals surface area (Å²) in [5.41, 5.74) is 1.37. The highest BCUT2D eigenvalue weighted by Gasteiger charge is 2.33. The minimum Gasteiger partial charge on any atom is -0.312 e. The lowest BCUT2D eigenvalue weighted by Gasteiger charge is -2.15. The van der Waals surface area contributed by atoms with Crippen LogP contribution >= 0.6 is 22.9 Å². The molecule has 1 saturated heterocycles. The van der Waals surface area contributed by atoms with Gasteiger partial charge in [-0.05, 0) is 36.4 Å². The number of hydrogen-bond donors (Lipinski definition) is 1. The normalized spacial score (nSPS) is 16.6. The van der Waals surface area contributed by atoms with Crippen LogP contribution in [0.1, 0.15) is 27.7 Å².